The second-order valence-electron chi connectivity index (χ2n) is 9.73. The maximum absolute atomic E-state index is 13.0. The molecule has 5 nitrogen and oxygen atoms in total. The smallest absolute Gasteiger partial charge is 0.249 e. The van der Waals surface area contributed by atoms with E-state index >= 15 is 0 Å². The van der Waals surface area contributed by atoms with Gasteiger partial charge in [-0.25, -0.2) is 0 Å². The predicted molar refractivity (Wildman–Crippen MR) is 139 cm³/mol. The zero-order chi connectivity index (χ0) is 24.3. The molecule has 0 saturated carbocycles. The highest BCUT2D eigenvalue weighted by atomic mass is 35.5. The number of carbonyl (C=O) groups excluding carboxylic acids is 2. The molecule has 0 radical (unpaired) electrons. The molecular weight excluding hydrogens is 446 g/mol. The van der Waals surface area contributed by atoms with Crippen LogP contribution in [0.3, 0.4) is 0 Å². The number of fused-ring (bicyclic) bond motifs is 1. The van der Waals surface area contributed by atoms with Crippen LogP contribution in [0.25, 0.3) is 0 Å². The van der Waals surface area contributed by atoms with E-state index in [-0.39, 0.29) is 17.2 Å². The quantitative estimate of drug-likeness (QED) is 0.469. The Kier molecular flexibility index (Phi) is 6.85. The van der Waals surface area contributed by atoms with Crippen molar-refractivity contribution in [2.24, 2.45) is 10.4 Å². The number of amides is 2. The number of rotatable bonds is 5. The molecule has 174 valence electrons. The molecule has 0 bridgehead atoms. The number of hydrogen-bond acceptors (Lipinski definition) is 3. The summed E-state index contributed by atoms with van der Waals surface area (Å²) < 4.78 is 0. The molecule has 0 fully saturated rings. The Balaban J connectivity index is 1.68. The van der Waals surface area contributed by atoms with Gasteiger partial charge in [-0.2, -0.15) is 0 Å². The molecule has 1 atom stereocenters. The van der Waals surface area contributed by atoms with Crippen molar-refractivity contribution in [3.05, 3.63) is 94.5 Å². The number of carbonyl (C=O) groups is 2. The second-order valence-corrected chi connectivity index (χ2v) is 10.2. The molecule has 0 spiro atoms. The summed E-state index contributed by atoms with van der Waals surface area (Å²) in [6.45, 7) is 6.09. The van der Waals surface area contributed by atoms with E-state index in [2.05, 4.69) is 10.6 Å². The molecule has 2 amide bonds. The molecule has 3 aromatic rings. The van der Waals surface area contributed by atoms with E-state index in [1.807, 2.05) is 81.4 Å². The van der Waals surface area contributed by atoms with Crippen LogP contribution >= 0.6 is 11.6 Å². The molecule has 1 heterocycles. The predicted octanol–water partition coefficient (Wildman–Crippen LogP) is 6.12. The minimum Gasteiger partial charge on any atom is -0.326 e. The zero-order valence-electron chi connectivity index (χ0n) is 19.6. The third kappa shape index (κ3) is 5.91. The van der Waals surface area contributed by atoms with Gasteiger partial charge < -0.3 is 10.6 Å². The zero-order valence-corrected chi connectivity index (χ0v) is 20.3. The summed E-state index contributed by atoms with van der Waals surface area (Å²) >= 11 is 6.31. The third-order valence-corrected chi connectivity index (χ3v) is 5.72. The first-order chi connectivity index (χ1) is 16.2. The largest absolute Gasteiger partial charge is 0.326 e. The van der Waals surface area contributed by atoms with Gasteiger partial charge >= 0.3 is 0 Å². The Bertz CT molecular complexity index is 1230. The topological polar surface area (TPSA) is 70.6 Å². The number of aliphatic imine (C=N–C) groups is 1. The number of hydrogen-bond donors (Lipinski definition) is 2. The first kappa shape index (κ1) is 23.7. The molecule has 34 heavy (non-hydrogen) atoms. The first-order valence-corrected chi connectivity index (χ1v) is 11.7. The highest BCUT2D eigenvalue weighted by Crippen LogP contribution is 2.29. The van der Waals surface area contributed by atoms with Crippen molar-refractivity contribution in [2.75, 3.05) is 10.6 Å². The van der Waals surface area contributed by atoms with Gasteiger partial charge in [-0.05, 0) is 41.3 Å². The normalized spacial score (nSPS) is 15.6. The van der Waals surface area contributed by atoms with E-state index in [1.165, 1.54) is 0 Å². The van der Waals surface area contributed by atoms with Gasteiger partial charge in [0, 0.05) is 34.7 Å². The van der Waals surface area contributed by atoms with Crippen molar-refractivity contribution in [3.8, 4) is 0 Å². The van der Waals surface area contributed by atoms with E-state index in [1.54, 1.807) is 12.1 Å². The second kappa shape index (κ2) is 9.82. The maximum atomic E-state index is 13.0. The number of nitrogens with zero attached hydrogens (tertiary/aromatic N) is 1. The highest BCUT2D eigenvalue weighted by Gasteiger charge is 2.26. The van der Waals surface area contributed by atoms with Crippen LogP contribution in [-0.4, -0.2) is 23.6 Å². The van der Waals surface area contributed by atoms with Crippen molar-refractivity contribution >= 4 is 40.5 Å². The summed E-state index contributed by atoms with van der Waals surface area (Å²) in [4.78, 5) is 30.3. The molecule has 1 aliphatic rings. The van der Waals surface area contributed by atoms with E-state index in [0.717, 1.165) is 16.7 Å². The molecule has 6 heteroatoms. The summed E-state index contributed by atoms with van der Waals surface area (Å²) in [6.07, 6.45) is 0.918. The molecule has 1 unspecified atom stereocenters. The number of anilines is 2. The molecule has 3 aromatic carbocycles. The Morgan fingerprint density at radius 2 is 1.74 bits per heavy atom. The Labute approximate surface area is 205 Å². The van der Waals surface area contributed by atoms with E-state index in [9.17, 15) is 9.59 Å². The van der Waals surface area contributed by atoms with Crippen molar-refractivity contribution in [2.45, 2.75) is 39.7 Å². The number of nitrogens with one attached hydrogen (secondary N) is 2. The van der Waals surface area contributed by atoms with E-state index < -0.39 is 6.04 Å². The lowest BCUT2D eigenvalue weighted by atomic mass is 9.92. The van der Waals surface area contributed by atoms with Gasteiger partial charge in [0.1, 0.15) is 6.04 Å². The van der Waals surface area contributed by atoms with Crippen LogP contribution in [0.5, 0.6) is 0 Å². The molecule has 2 N–H and O–H groups in total. The molecule has 1 aliphatic heterocycles. The average molecular weight is 474 g/mol. The summed E-state index contributed by atoms with van der Waals surface area (Å²) in [5.74, 6) is -0.185. The van der Waals surface area contributed by atoms with Crippen molar-refractivity contribution in [1.29, 1.82) is 0 Å². The van der Waals surface area contributed by atoms with Crippen LogP contribution in [0.4, 0.5) is 11.4 Å². The van der Waals surface area contributed by atoms with Crippen LogP contribution in [0.15, 0.2) is 77.8 Å². The number of benzodiazepines with no additional fused rings is 1. The van der Waals surface area contributed by atoms with Crippen LogP contribution in [0.2, 0.25) is 5.02 Å². The van der Waals surface area contributed by atoms with Crippen molar-refractivity contribution in [1.82, 2.24) is 0 Å². The van der Waals surface area contributed by atoms with Gasteiger partial charge in [-0.15, -0.1) is 0 Å². The number of halogens is 1. The minimum atomic E-state index is -0.588. The van der Waals surface area contributed by atoms with Gasteiger partial charge in [0.15, 0.2) is 0 Å². The Morgan fingerprint density at radius 3 is 2.41 bits per heavy atom. The van der Waals surface area contributed by atoms with Gasteiger partial charge in [0.05, 0.1) is 11.4 Å². The van der Waals surface area contributed by atoms with Crippen molar-refractivity contribution in [3.63, 3.8) is 0 Å². The molecule has 0 aromatic heterocycles. The third-order valence-electron chi connectivity index (χ3n) is 5.49. The average Bonchev–Trinajstić information content (AvgIpc) is 2.90. The fraction of sp³-hybridized carbons (Fsp3) is 0.250. The molecule has 0 aliphatic carbocycles. The summed E-state index contributed by atoms with van der Waals surface area (Å²) in [5.41, 5.74) is 4.62. The molecule has 4 rings (SSSR count). The summed E-state index contributed by atoms with van der Waals surface area (Å²) in [6, 6.07) is 22.2. The van der Waals surface area contributed by atoms with Crippen LogP contribution in [-0.2, 0) is 16.0 Å². The molecule has 0 saturated heterocycles. The standard InChI is InChI=1S/C28H28ClN3O2/c1-28(2,3)17-25(33)30-21-12-9-19(10-13-21)26-22-16-20(29)11-14-23(22)32-27(34)24(31-26)15-18-7-5-4-6-8-18/h4-14,16,24H,15,17H2,1-3H3,(H,30,33)(H,32,34). The highest BCUT2D eigenvalue weighted by molar-refractivity contribution is 6.32. The Morgan fingerprint density at radius 1 is 1.03 bits per heavy atom. The van der Waals surface area contributed by atoms with Gasteiger partial charge in [0.2, 0.25) is 11.8 Å². The molecular formula is C28H28ClN3O2. The van der Waals surface area contributed by atoms with Gasteiger partial charge in [-0.3, -0.25) is 14.6 Å². The summed E-state index contributed by atoms with van der Waals surface area (Å²) in [7, 11) is 0. The first-order valence-electron chi connectivity index (χ1n) is 11.3. The number of benzene rings is 3. The van der Waals surface area contributed by atoms with E-state index in [4.69, 9.17) is 16.6 Å². The van der Waals surface area contributed by atoms with Crippen LogP contribution in [0.1, 0.15) is 43.9 Å². The van der Waals surface area contributed by atoms with Crippen LogP contribution in [0, 0.1) is 5.41 Å². The van der Waals surface area contributed by atoms with Gasteiger partial charge in [0.25, 0.3) is 0 Å². The van der Waals surface area contributed by atoms with E-state index in [0.29, 0.717) is 35.0 Å². The maximum Gasteiger partial charge on any atom is 0.249 e. The fourth-order valence-electron chi connectivity index (χ4n) is 3.93. The lowest BCUT2D eigenvalue weighted by Crippen LogP contribution is -2.27. The van der Waals surface area contributed by atoms with Gasteiger partial charge in [-0.1, -0.05) is 74.8 Å². The SMILES string of the molecule is CC(C)(C)CC(=O)Nc1ccc(C2=NC(Cc3ccccc3)C(=O)Nc3ccc(Cl)cc32)cc1. The fourth-order valence-corrected chi connectivity index (χ4v) is 4.10. The monoisotopic (exact) mass is 473 g/mol. The Hall–Kier alpha value is -3.44. The van der Waals surface area contributed by atoms with Crippen molar-refractivity contribution < 1.29 is 9.59 Å². The minimum absolute atomic E-state index is 0.0260. The van der Waals surface area contributed by atoms with Crippen LogP contribution < -0.4 is 10.6 Å². The summed E-state index contributed by atoms with van der Waals surface area (Å²) in [5, 5.41) is 6.52. The lowest BCUT2D eigenvalue weighted by molar-refractivity contribution is -0.118. The lowest BCUT2D eigenvalue weighted by Gasteiger charge is -2.17.